The summed E-state index contributed by atoms with van der Waals surface area (Å²) in [5.74, 6) is 1.30. The van der Waals surface area contributed by atoms with Gasteiger partial charge >= 0.3 is 6.03 Å². The van der Waals surface area contributed by atoms with Crippen molar-refractivity contribution in [1.29, 1.82) is 0 Å². The van der Waals surface area contributed by atoms with Gasteiger partial charge in [0.25, 0.3) is 0 Å². The molecular formula is C14H21N3O3. The maximum Gasteiger partial charge on any atom is 0.322 e. The van der Waals surface area contributed by atoms with Gasteiger partial charge in [-0.15, -0.1) is 0 Å². The molecule has 1 N–H and O–H groups in total. The van der Waals surface area contributed by atoms with E-state index in [1.54, 1.807) is 37.3 Å². The fourth-order valence-electron chi connectivity index (χ4n) is 2.12. The Morgan fingerprint density at radius 3 is 2.45 bits per heavy atom. The molecule has 6 nitrogen and oxygen atoms in total. The van der Waals surface area contributed by atoms with E-state index >= 15 is 0 Å². The van der Waals surface area contributed by atoms with Gasteiger partial charge in [-0.2, -0.15) is 0 Å². The van der Waals surface area contributed by atoms with E-state index in [9.17, 15) is 4.79 Å². The number of nitrogens with one attached hydrogen (secondary N) is 1. The Morgan fingerprint density at radius 1 is 1.15 bits per heavy atom. The molecule has 1 aliphatic rings. The Bertz CT molecular complexity index is 471. The zero-order chi connectivity index (χ0) is 14.5. The molecule has 20 heavy (non-hydrogen) atoms. The summed E-state index contributed by atoms with van der Waals surface area (Å²) in [6, 6.07) is 5.22. The lowest BCUT2D eigenvalue weighted by molar-refractivity contribution is 0.164. The van der Waals surface area contributed by atoms with Crippen LogP contribution in [0.1, 0.15) is 0 Å². The normalized spacial score (nSPS) is 15.8. The van der Waals surface area contributed by atoms with Crippen molar-refractivity contribution < 1.29 is 14.3 Å². The highest BCUT2D eigenvalue weighted by Gasteiger charge is 2.20. The topological polar surface area (TPSA) is 54.0 Å². The maximum absolute atomic E-state index is 12.2. The lowest BCUT2D eigenvalue weighted by Gasteiger charge is -2.32. The molecule has 0 radical (unpaired) electrons. The number of benzene rings is 1. The van der Waals surface area contributed by atoms with Crippen molar-refractivity contribution in [3.63, 3.8) is 0 Å². The number of piperazine rings is 1. The number of likely N-dealkylation sites (N-methyl/N-ethyl adjacent to an activating group) is 1. The molecule has 110 valence electrons. The molecule has 1 aromatic carbocycles. The summed E-state index contributed by atoms with van der Waals surface area (Å²) in [4.78, 5) is 16.3. The fraction of sp³-hybridized carbons (Fsp3) is 0.500. The smallest absolute Gasteiger partial charge is 0.322 e. The van der Waals surface area contributed by atoms with Crippen LogP contribution in [-0.4, -0.2) is 63.3 Å². The van der Waals surface area contributed by atoms with E-state index in [0.29, 0.717) is 17.2 Å². The third kappa shape index (κ3) is 3.33. The van der Waals surface area contributed by atoms with Crippen LogP contribution in [0.2, 0.25) is 0 Å². The van der Waals surface area contributed by atoms with Crippen LogP contribution in [0.5, 0.6) is 11.5 Å². The first-order valence-electron chi connectivity index (χ1n) is 6.60. The van der Waals surface area contributed by atoms with Crippen molar-refractivity contribution in [2.75, 3.05) is 52.8 Å². The van der Waals surface area contributed by atoms with E-state index in [1.807, 2.05) is 0 Å². The minimum absolute atomic E-state index is 0.107. The van der Waals surface area contributed by atoms with Gasteiger partial charge in [-0.25, -0.2) is 4.79 Å². The number of amides is 2. The van der Waals surface area contributed by atoms with Crippen LogP contribution in [0, 0.1) is 0 Å². The molecule has 0 atom stereocenters. The van der Waals surface area contributed by atoms with E-state index in [4.69, 9.17) is 9.47 Å². The second kappa shape index (κ2) is 6.47. The van der Waals surface area contributed by atoms with Gasteiger partial charge < -0.3 is 24.6 Å². The van der Waals surface area contributed by atoms with Crippen LogP contribution in [0.25, 0.3) is 0 Å². The third-order valence-corrected chi connectivity index (χ3v) is 3.44. The number of urea groups is 1. The predicted octanol–water partition coefficient (Wildman–Crippen LogP) is 1.48. The number of ether oxygens (including phenoxy) is 2. The Hall–Kier alpha value is -1.95. The van der Waals surface area contributed by atoms with Gasteiger partial charge in [0.2, 0.25) is 0 Å². The molecule has 0 unspecified atom stereocenters. The minimum Gasteiger partial charge on any atom is -0.497 e. The van der Waals surface area contributed by atoms with Gasteiger partial charge in [0.1, 0.15) is 11.5 Å². The summed E-state index contributed by atoms with van der Waals surface area (Å²) >= 11 is 0. The summed E-state index contributed by atoms with van der Waals surface area (Å²) < 4.78 is 10.4. The van der Waals surface area contributed by atoms with E-state index in [-0.39, 0.29) is 6.03 Å². The molecule has 6 heteroatoms. The van der Waals surface area contributed by atoms with E-state index < -0.39 is 0 Å². The van der Waals surface area contributed by atoms with Crippen LogP contribution in [0.4, 0.5) is 10.5 Å². The Morgan fingerprint density at radius 2 is 1.85 bits per heavy atom. The standard InChI is InChI=1S/C14H21N3O3/c1-16-6-8-17(9-7-16)14(18)15-12-10-11(19-2)4-5-13(12)20-3/h4-5,10H,6-9H2,1-3H3,(H,15,18). The highest BCUT2D eigenvalue weighted by Crippen LogP contribution is 2.29. The number of rotatable bonds is 3. The molecule has 2 rings (SSSR count). The average molecular weight is 279 g/mol. The first-order valence-corrected chi connectivity index (χ1v) is 6.60. The largest absolute Gasteiger partial charge is 0.497 e. The molecule has 1 heterocycles. The van der Waals surface area contributed by atoms with Crippen molar-refractivity contribution >= 4 is 11.7 Å². The number of nitrogens with zero attached hydrogens (tertiary/aromatic N) is 2. The van der Waals surface area contributed by atoms with Crippen molar-refractivity contribution in [3.8, 4) is 11.5 Å². The van der Waals surface area contributed by atoms with Crippen LogP contribution < -0.4 is 14.8 Å². The second-order valence-corrected chi connectivity index (χ2v) is 4.79. The first-order chi connectivity index (χ1) is 9.63. The Balaban J connectivity index is 2.06. The monoisotopic (exact) mass is 279 g/mol. The number of hydrogen-bond acceptors (Lipinski definition) is 4. The molecule has 1 aliphatic heterocycles. The van der Waals surface area contributed by atoms with Crippen LogP contribution in [0.3, 0.4) is 0 Å². The van der Waals surface area contributed by atoms with Gasteiger partial charge in [0.15, 0.2) is 0 Å². The number of methoxy groups -OCH3 is 2. The molecule has 0 saturated carbocycles. The zero-order valence-corrected chi connectivity index (χ0v) is 12.2. The number of carbonyl (C=O) groups is 1. The molecule has 0 aliphatic carbocycles. The van der Waals surface area contributed by atoms with E-state index in [2.05, 4.69) is 17.3 Å². The van der Waals surface area contributed by atoms with Gasteiger partial charge in [-0.3, -0.25) is 0 Å². The molecular weight excluding hydrogens is 258 g/mol. The zero-order valence-electron chi connectivity index (χ0n) is 12.2. The average Bonchev–Trinajstić information content (AvgIpc) is 2.47. The summed E-state index contributed by atoms with van der Waals surface area (Å²) in [7, 11) is 5.22. The molecule has 1 aromatic rings. The number of anilines is 1. The van der Waals surface area contributed by atoms with Crippen LogP contribution >= 0.6 is 0 Å². The van der Waals surface area contributed by atoms with Crippen molar-refractivity contribution in [3.05, 3.63) is 18.2 Å². The maximum atomic E-state index is 12.2. The summed E-state index contributed by atoms with van der Waals surface area (Å²) in [6.45, 7) is 3.24. The quantitative estimate of drug-likeness (QED) is 0.910. The van der Waals surface area contributed by atoms with Gasteiger partial charge in [0.05, 0.1) is 19.9 Å². The van der Waals surface area contributed by atoms with Crippen molar-refractivity contribution in [2.45, 2.75) is 0 Å². The molecule has 1 fully saturated rings. The molecule has 2 amide bonds. The number of carbonyl (C=O) groups excluding carboxylic acids is 1. The lowest BCUT2D eigenvalue weighted by Crippen LogP contribution is -2.48. The second-order valence-electron chi connectivity index (χ2n) is 4.79. The Labute approximate surface area is 119 Å². The van der Waals surface area contributed by atoms with E-state index in [0.717, 1.165) is 26.2 Å². The Kier molecular flexibility index (Phi) is 4.68. The molecule has 0 bridgehead atoms. The van der Waals surface area contributed by atoms with Crippen molar-refractivity contribution in [1.82, 2.24) is 9.80 Å². The first kappa shape index (κ1) is 14.5. The minimum atomic E-state index is -0.107. The SMILES string of the molecule is COc1ccc(OC)c(NC(=O)N2CCN(C)CC2)c1. The highest BCUT2D eigenvalue weighted by molar-refractivity contribution is 5.91. The molecule has 0 aromatic heterocycles. The van der Waals surface area contributed by atoms with Gasteiger partial charge in [0, 0.05) is 32.2 Å². The number of hydrogen-bond donors (Lipinski definition) is 1. The fourth-order valence-corrected chi connectivity index (χ4v) is 2.12. The molecule has 1 saturated heterocycles. The van der Waals surface area contributed by atoms with Gasteiger partial charge in [-0.05, 0) is 19.2 Å². The van der Waals surface area contributed by atoms with Crippen LogP contribution in [0.15, 0.2) is 18.2 Å². The van der Waals surface area contributed by atoms with Gasteiger partial charge in [-0.1, -0.05) is 0 Å². The highest BCUT2D eigenvalue weighted by atomic mass is 16.5. The lowest BCUT2D eigenvalue weighted by atomic mass is 10.2. The summed E-state index contributed by atoms with van der Waals surface area (Å²) in [5, 5.41) is 2.88. The summed E-state index contributed by atoms with van der Waals surface area (Å²) in [6.07, 6.45) is 0. The summed E-state index contributed by atoms with van der Waals surface area (Å²) in [5.41, 5.74) is 0.621. The van der Waals surface area contributed by atoms with Crippen molar-refractivity contribution in [2.24, 2.45) is 0 Å². The van der Waals surface area contributed by atoms with Crippen LogP contribution in [-0.2, 0) is 0 Å². The predicted molar refractivity (Wildman–Crippen MR) is 77.6 cm³/mol. The third-order valence-electron chi connectivity index (χ3n) is 3.44. The molecule has 0 spiro atoms. The van der Waals surface area contributed by atoms with E-state index in [1.165, 1.54) is 0 Å².